The van der Waals surface area contributed by atoms with E-state index in [1.54, 1.807) is 0 Å². The molecule has 0 atom stereocenters. The van der Waals surface area contributed by atoms with Gasteiger partial charge in [-0.25, -0.2) is 0 Å². The van der Waals surface area contributed by atoms with Gasteiger partial charge >= 0.3 is 0 Å². The molecule has 0 spiro atoms. The average molecular weight is 374 g/mol. The molecule has 0 saturated carbocycles. The van der Waals surface area contributed by atoms with Crippen LogP contribution in [0.3, 0.4) is 0 Å². The van der Waals surface area contributed by atoms with Gasteiger partial charge in [0.05, 0.1) is 6.42 Å². The zero-order valence-electron chi connectivity index (χ0n) is 16.4. The molecule has 0 aromatic heterocycles. The molecule has 1 aliphatic rings. The van der Waals surface area contributed by atoms with Crippen molar-refractivity contribution >= 4 is 22.4 Å². The molecule has 4 rings (SSSR count). The van der Waals surface area contributed by atoms with Crippen molar-refractivity contribution in [3.05, 3.63) is 77.9 Å². The van der Waals surface area contributed by atoms with Crippen molar-refractivity contribution in [1.82, 2.24) is 9.80 Å². The standard InChI is InChI=1S/C24H27N3O/c1-26-13-15-27(16-14-26)18-19-9-11-22(12-10-19)25-24(28)17-21-7-4-6-20-5-2-3-8-23(20)21/h2-12H,13-18H2,1H3,(H,25,28). The van der Waals surface area contributed by atoms with Gasteiger partial charge in [-0.3, -0.25) is 9.69 Å². The van der Waals surface area contributed by atoms with Crippen LogP contribution in [0.15, 0.2) is 66.7 Å². The maximum absolute atomic E-state index is 12.5. The van der Waals surface area contributed by atoms with Crippen LogP contribution in [0.2, 0.25) is 0 Å². The Kier molecular flexibility index (Phi) is 5.70. The molecule has 1 N–H and O–H groups in total. The Morgan fingerprint density at radius 1 is 0.893 bits per heavy atom. The highest BCUT2D eigenvalue weighted by Gasteiger charge is 2.14. The van der Waals surface area contributed by atoms with Gasteiger partial charge in [0.25, 0.3) is 0 Å². The van der Waals surface area contributed by atoms with E-state index in [1.807, 2.05) is 36.4 Å². The molecule has 1 heterocycles. The Labute approximate surface area is 166 Å². The third-order valence-corrected chi connectivity index (χ3v) is 5.47. The number of likely N-dealkylation sites (N-methyl/N-ethyl adjacent to an activating group) is 1. The highest BCUT2D eigenvalue weighted by atomic mass is 16.1. The third-order valence-electron chi connectivity index (χ3n) is 5.47. The van der Waals surface area contributed by atoms with E-state index >= 15 is 0 Å². The van der Waals surface area contributed by atoms with E-state index in [0.29, 0.717) is 6.42 Å². The molecule has 3 aromatic carbocycles. The summed E-state index contributed by atoms with van der Waals surface area (Å²) in [5.41, 5.74) is 3.20. The first-order chi connectivity index (χ1) is 13.7. The minimum absolute atomic E-state index is 0.0168. The molecule has 1 amide bonds. The van der Waals surface area contributed by atoms with Crippen LogP contribution < -0.4 is 5.32 Å². The summed E-state index contributed by atoms with van der Waals surface area (Å²) in [6, 6.07) is 22.6. The molecular formula is C24H27N3O. The van der Waals surface area contributed by atoms with Crippen molar-refractivity contribution in [3.63, 3.8) is 0 Å². The van der Waals surface area contributed by atoms with Crippen LogP contribution in [-0.2, 0) is 17.8 Å². The Bertz CT molecular complexity index is 938. The lowest BCUT2D eigenvalue weighted by molar-refractivity contribution is -0.115. The van der Waals surface area contributed by atoms with Gasteiger partial charge in [-0.2, -0.15) is 0 Å². The van der Waals surface area contributed by atoms with Crippen LogP contribution in [0.1, 0.15) is 11.1 Å². The lowest BCUT2D eigenvalue weighted by atomic mass is 10.0. The minimum Gasteiger partial charge on any atom is -0.326 e. The van der Waals surface area contributed by atoms with Gasteiger partial charge in [0.15, 0.2) is 0 Å². The second kappa shape index (κ2) is 8.55. The van der Waals surface area contributed by atoms with E-state index in [9.17, 15) is 4.79 Å². The summed E-state index contributed by atoms with van der Waals surface area (Å²) >= 11 is 0. The van der Waals surface area contributed by atoms with Crippen molar-refractivity contribution in [1.29, 1.82) is 0 Å². The molecule has 4 heteroatoms. The molecule has 1 saturated heterocycles. The smallest absolute Gasteiger partial charge is 0.228 e. The van der Waals surface area contributed by atoms with Crippen molar-refractivity contribution < 1.29 is 4.79 Å². The fraction of sp³-hybridized carbons (Fsp3) is 0.292. The van der Waals surface area contributed by atoms with E-state index < -0.39 is 0 Å². The summed E-state index contributed by atoms with van der Waals surface area (Å²) in [7, 11) is 2.17. The number of anilines is 1. The zero-order chi connectivity index (χ0) is 19.3. The van der Waals surface area contributed by atoms with Crippen LogP contribution in [-0.4, -0.2) is 48.9 Å². The number of amides is 1. The second-order valence-electron chi connectivity index (χ2n) is 7.64. The Hall–Kier alpha value is -2.69. The molecule has 144 valence electrons. The number of hydrogen-bond acceptors (Lipinski definition) is 3. The molecule has 0 aliphatic carbocycles. The van der Waals surface area contributed by atoms with E-state index in [1.165, 1.54) is 10.9 Å². The Morgan fingerprint density at radius 3 is 2.39 bits per heavy atom. The predicted octanol–water partition coefficient (Wildman–Crippen LogP) is 3.77. The van der Waals surface area contributed by atoms with Crippen LogP contribution in [0.5, 0.6) is 0 Å². The highest BCUT2D eigenvalue weighted by Crippen LogP contribution is 2.20. The molecule has 4 nitrogen and oxygen atoms in total. The lowest BCUT2D eigenvalue weighted by Gasteiger charge is -2.32. The maximum Gasteiger partial charge on any atom is 0.228 e. The van der Waals surface area contributed by atoms with Gasteiger partial charge in [-0.15, -0.1) is 0 Å². The van der Waals surface area contributed by atoms with E-state index in [-0.39, 0.29) is 5.91 Å². The van der Waals surface area contributed by atoms with Crippen molar-refractivity contribution in [2.24, 2.45) is 0 Å². The van der Waals surface area contributed by atoms with Crippen molar-refractivity contribution in [2.75, 3.05) is 38.5 Å². The quantitative estimate of drug-likeness (QED) is 0.740. The largest absolute Gasteiger partial charge is 0.326 e. The van der Waals surface area contributed by atoms with Gasteiger partial charge < -0.3 is 10.2 Å². The fourth-order valence-corrected chi connectivity index (χ4v) is 3.78. The van der Waals surface area contributed by atoms with Gasteiger partial charge in [0.2, 0.25) is 5.91 Å². The SMILES string of the molecule is CN1CCN(Cc2ccc(NC(=O)Cc3cccc4ccccc34)cc2)CC1. The number of piperazine rings is 1. The molecule has 0 unspecified atom stereocenters. The van der Waals surface area contributed by atoms with Crippen LogP contribution in [0.4, 0.5) is 5.69 Å². The Morgan fingerprint density at radius 2 is 1.61 bits per heavy atom. The number of benzene rings is 3. The summed E-state index contributed by atoms with van der Waals surface area (Å²) < 4.78 is 0. The van der Waals surface area contributed by atoms with Gasteiger partial charge in [0, 0.05) is 38.4 Å². The van der Waals surface area contributed by atoms with Gasteiger partial charge in [-0.05, 0) is 41.1 Å². The van der Waals surface area contributed by atoms with Gasteiger partial charge in [-0.1, -0.05) is 54.6 Å². The summed E-state index contributed by atoms with van der Waals surface area (Å²) in [6.45, 7) is 5.45. The first kappa shape index (κ1) is 18.7. The first-order valence-electron chi connectivity index (χ1n) is 9.94. The normalized spacial score (nSPS) is 15.6. The number of hydrogen-bond donors (Lipinski definition) is 1. The van der Waals surface area contributed by atoms with E-state index in [0.717, 1.165) is 49.4 Å². The molecule has 1 fully saturated rings. The highest BCUT2D eigenvalue weighted by molar-refractivity contribution is 5.96. The van der Waals surface area contributed by atoms with Gasteiger partial charge in [0.1, 0.15) is 0 Å². The van der Waals surface area contributed by atoms with Crippen molar-refractivity contribution in [3.8, 4) is 0 Å². The molecule has 0 radical (unpaired) electrons. The number of nitrogens with one attached hydrogen (secondary N) is 1. The number of nitrogens with zero attached hydrogens (tertiary/aromatic N) is 2. The number of carbonyl (C=O) groups is 1. The summed E-state index contributed by atoms with van der Waals surface area (Å²) in [4.78, 5) is 17.4. The minimum atomic E-state index is 0.0168. The lowest BCUT2D eigenvalue weighted by Crippen LogP contribution is -2.43. The van der Waals surface area contributed by atoms with E-state index in [4.69, 9.17) is 0 Å². The average Bonchev–Trinajstić information content (AvgIpc) is 2.71. The maximum atomic E-state index is 12.5. The van der Waals surface area contributed by atoms with Crippen molar-refractivity contribution in [2.45, 2.75) is 13.0 Å². The first-order valence-corrected chi connectivity index (χ1v) is 9.94. The third kappa shape index (κ3) is 4.58. The summed E-state index contributed by atoms with van der Waals surface area (Å²) in [6.07, 6.45) is 0.379. The van der Waals surface area contributed by atoms with Crippen LogP contribution in [0, 0.1) is 0 Å². The zero-order valence-corrected chi connectivity index (χ0v) is 16.4. The molecule has 28 heavy (non-hydrogen) atoms. The molecular weight excluding hydrogens is 346 g/mol. The number of fused-ring (bicyclic) bond motifs is 1. The van der Waals surface area contributed by atoms with Crippen LogP contribution in [0.25, 0.3) is 10.8 Å². The fourth-order valence-electron chi connectivity index (χ4n) is 3.78. The monoisotopic (exact) mass is 373 g/mol. The predicted molar refractivity (Wildman–Crippen MR) is 115 cm³/mol. The van der Waals surface area contributed by atoms with Crippen LogP contribution >= 0.6 is 0 Å². The van der Waals surface area contributed by atoms with E-state index in [2.05, 4.69) is 52.5 Å². The second-order valence-corrected chi connectivity index (χ2v) is 7.64. The number of carbonyl (C=O) groups excluding carboxylic acids is 1. The number of rotatable bonds is 5. The topological polar surface area (TPSA) is 35.6 Å². The summed E-state index contributed by atoms with van der Waals surface area (Å²) in [5, 5.41) is 5.34. The molecule has 3 aromatic rings. The molecule has 1 aliphatic heterocycles. The Balaban J connectivity index is 1.35. The molecule has 0 bridgehead atoms. The summed E-state index contributed by atoms with van der Waals surface area (Å²) in [5.74, 6) is 0.0168.